The number of thiazole rings is 1. The van der Waals surface area contributed by atoms with Crippen molar-refractivity contribution in [1.82, 2.24) is 9.88 Å². The van der Waals surface area contributed by atoms with Gasteiger partial charge in [0.2, 0.25) is 11.8 Å². The fourth-order valence-electron chi connectivity index (χ4n) is 3.74. The van der Waals surface area contributed by atoms with Gasteiger partial charge in [0, 0.05) is 24.5 Å². The monoisotopic (exact) mass is 335 g/mol. The van der Waals surface area contributed by atoms with Crippen molar-refractivity contribution < 1.29 is 9.59 Å². The fraction of sp³-hybridized carbons (Fsp3) is 0.706. The Hall–Kier alpha value is -1.43. The average Bonchev–Trinajstić information content (AvgIpc) is 3.07. The summed E-state index contributed by atoms with van der Waals surface area (Å²) in [7, 11) is 0. The van der Waals surface area contributed by atoms with E-state index in [4.69, 9.17) is 0 Å². The van der Waals surface area contributed by atoms with Gasteiger partial charge >= 0.3 is 0 Å². The number of piperidine rings is 1. The standard InChI is InChI=1S/C17H25N3O2S/c21-15-8-4-5-10-20(15)14(12-13-6-2-1-3-7-13)16(22)19-17-18-9-11-23-17/h9,11,13-14H,1-8,10,12H2,(H,18,19,22)/t14-/m0/s1. The van der Waals surface area contributed by atoms with E-state index in [9.17, 15) is 9.59 Å². The first-order valence-corrected chi connectivity index (χ1v) is 9.62. The van der Waals surface area contributed by atoms with Crippen LogP contribution in [-0.4, -0.2) is 34.3 Å². The second-order valence-corrected chi connectivity index (χ2v) is 7.52. The van der Waals surface area contributed by atoms with Crippen molar-refractivity contribution in [2.45, 2.75) is 63.8 Å². The molecule has 2 amide bonds. The molecule has 0 aromatic carbocycles. The summed E-state index contributed by atoms with van der Waals surface area (Å²) < 4.78 is 0. The van der Waals surface area contributed by atoms with E-state index < -0.39 is 0 Å². The lowest BCUT2D eigenvalue weighted by Gasteiger charge is -2.36. The van der Waals surface area contributed by atoms with Gasteiger partial charge in [0.05, 0.1) is 0 Å². The molecule has 0 bridgehead atoms. The maximum absolute atomic E-state index is 12.8. The summed E-state index contributed by atoms with van der Waals surface area (Å²) in [5, 5.41) is 5.37. The molecule has 1 aliphatic heterocycles. The SMILES string of the molecule is O=C(Nc1nccs1)[C@H](CC1CCCCC1)N1CCCCC1=O. The van der Waals surface area contributed by atoms with Crippen molar-refractivity contribution in [3.63, 3.8) is 0 Å². The Morgan fingerprint density at radius 1 is 1.30 bits per heavy atom. The molecule has 0 unspecified atom stereocenters. The predicted molar refractivity (Wildman–Crippen MR) is 91.3 cm³/mol. The number of anilines is 1. The van der Waals surface area contributed by atoms with E-state index in [1.165, 1.54) is 43.4 Å². The molecule has 1 atom stereocenters. The van der Waals surface area contributed by atoms with Crippen LogP contribution in [0.15, 0.2) is 11.6 Å². The van der Waals surface area contributed by atoms with Gasteiger partial charge in [-0.1, -0.05) is 32.1 Å². The summed E-state index contributed by atoms with van der Waals surface area (Å²) in [6, 6.07) is -0.338. The van der Waals surface area contributed by atoms with Crippen molar-refractivity contribution in [2.75, 3.05) is 11.9 Å². The number of hydrogen-bond acceptors (Lipinski definition) is 4. The number of amides is 2. The molecule has 0 radical (unpaired) electrons. The molecule has 1 saturated carbocycles. The number of rotatable bonds is 5. The smallest absolute Gasteiger partial charge is 0.248 e. The van der Waals surface area contributed by atoms with E-state index in [1.54, 1.807) is 6.20 Å². The van der Waals surface area contributed by atoms with Crippen LogP contribution in [0.4, 0.5) is 5.13 Å². The zero-order valence-electron chi connectivity index (χ0n) is 13.5. The molecule has 1 aliphatic carbocycles. The summed E-state index contributed by atoms with van der Waals surface area (Å²) in [4.78, 5) is 31.1. The Morgan fingerprint density at radius 2 is 2.13 bits per heavy atom. The first kappa shape index (κ1) is 16.4. The molecule has 1 saturated heterocycles. The number of nitrogens with zero attached hydrogens (tertiary/aromatic N) is 2. The molecule has 23 heavy (non-hydrogen) atoms. The maximum atomic E-state index is 12.8. The van der Waals surface area contributed by atoms with Crippen LogP contribution < -0.4 is 5.32 Å². The quantitative estimate of drug-likeness (QED) is 0.896. The van der Waals surface area contributed by atoms with Crippen LogP contribution in [0.2, 0.25) is 0 Å². The van der Waals surface area contributed by atoms with Gasteiger partial charge in [-0.05, 0) is 25.2 Å². The predicted octanol–water partition coefficient (Wildman–Crippen LogP) is 3.43. The Labute approximate surface area is 141 Å². The molecule has 1 N–H and O–H groups in total. The van der Waals surface area contributed by atoms with Gasteiger partial charge in [0.1, 0.15) is 6.04 Å². The highest BCUT2D eigenvalue weighted by Crippen LogP contribution is 2.30. The zero-order chi connectivity index (χ0) is 16.1. The van der Waals surface area contributed by atoms with E-state index in [0.717, 1.165) is 19.3 Å². The van der Waals surface area contributed by atoms with Crippen LogP contribution >= 0.6 is 11.3 Å². The minimum atomic E-state index is -0.338. The van der Waals surface area contributed by atoms with Gasteiger partial charge in [-0.25, -0.2) is 4.98 Å². The first-order chi connectivity index (χ1) is 11.2. The number of aromatic nitrogens is 1. The maximum Gasteiger partial charge on any atom is 0.248 e. The van der Waals surface area contributed by atoms with Crippen LogP contribution in [0.3, 0.4) is 0 Å². The highest BCUT2D eigenvalue weighted by Gasteiger charge is 2.33. The van der Waals surface area contributed by atoms with Gasteiger partial charge in [0.15, 0.2) is 5.13 Å². The minimum absolute atomic E-state index is 0.0687. The van der Waals surface area contributed by atoms with Gasteiger partial charge in [0.25, 0.3) is 0 Å². The third-order valence-electron chi connectivity index (χ3n) is 4.98. The van der Waals surface area contributed by atoms with Crippen LogP contribution in [0.5, 0.6) is 0 Å². The van der Waals surface area contributed by atoms with E-state index in [0.29, 0.717) is 24.0 Å². The van der Waals surface area contributed by atoms with Crippen LogP contribution in [0, 0.1) is 5.92 Å². The van der Waals surface area contributed by atoms with Crippen molar-refractivity contribution >= 4 is 28.3 Å². The number of carbonyl (C=O) groups is 2. The van der Waals surface area contributed by atoms with E-state index in [-0.39, 0.29) is 17.9 Å². The second-order valence-electron chi connectivity index (χ2n) is 6.63. The van der Waals surface area contributed by atoms with Crippen molar-refractivity contribution in [3.8, 4) is 0 Å². The normalized spacial score (nSPS) is 21.2. The largest absolute Gasteiger partial charge is 0.331 e. The zero-order valence-corrected chi connectivity index (χ0v) is 14.3. The number of hydrogen-bond donors (Lipinski definition) is 1. The molecule has 3 rings (SSSR count). The molecular weight excluding hydrogens is 310 g/mol. The minimum Gasteiger partial charge on any atom is -0.331 e. The van der Waals surface area contributed by atoms with Crippen molar-refractivity contribution in [1.29, 1.82) is 0 Å². The Balaban J connectivity index is 1.71. The lowest BCUT2D eigenvalue weighted by Crippen LogP contribution is -2.50. The second kappa shape index (κ2) is 7.90. The first-order valence-electron chi connectivity index (χ1n) is 8.74. The number of carbonyl (C=O) groups excluding carboxylic acids is 2. The van der Waals surface area contributed by atoms with E-state index >= 15 is 0 Å². The van der Waals surface area contributed by atoms with Gasteiger partial charge in [-0.3, -0.25) is 9.59 Å². The lowest BCUT2D eigenvalue weighted by molar-refractivity contribution is -0.141. The molecule has 126 valence electrons. The summed E-state index contributed by atoms with van der Waals surface area (Å²) in [6.07, 6.45) is 11.2. The highest BCUT2D eigenvalue weighted by atomic mass is 32.1. The number of likely N-dealkylation sites (tertiary alicyclic amines) is 1. The summed E-state index contributed by atoms with van der Waals surface area (Å²) in [5.74, 6) is 0.623. The molecule has 0 spiro atoms. The molecule has 6 heteroatoms. The summed E-state index contributed by atoms with van der Waals surface area (Å²) >= 11 is 1.42. The fourth-order valence-corrected chi connectivity index (χ4v) is 4.28. The Kier molecular flexibility index (Phi) is 5.65. The highest BCUT2D eigenvalue weighted by molar-refractivity contribution is 7.13. The van der Waals surface area contributed by atoms with E-state index in [2.05, 4.69) is 10.3 Å². The summed E-state index contributed by atoms with van der Waals surface area (Å²) in [6.45, 7) is 0.710. The van der Waals surface area contributed by atoms with Gasteiger partial charge < -0.3 is 10.2 Å². The third-order valence-corrected chi connectivity index (χ3v) is 5.67. The Bertz CT molecular complexity index is 526. The molecule has 2 aliphatic rings. The van der Waals surface area contributed by atoms with E-state index in [1.807, 2.05) is 10.3 Å². The average molecular weight is 335 g/mol. The molecule has 2 heterocycles. The van der Waals surface area contributed by atoms with Crippen molar-refractivity contribution in [2.24, 2.45) is 5.92 Å². The number of nitrogens with one attached hydrogen (secondary N) is 1. The molecule has 1 aromatic heterocycles. The summed E-state index contributed by atoms with van der Waals surface area (Å²) in [5.41, 5.74) is 0. The van der Waals surface area contributed by atoms with Crippen LogP contribution in [0.1, 0.15) is 57.8 Å². The van der Waals surface area contributed by atoms with Crippen LogP contribution in [0.25, 0.3) is 0 Å². The van der Waals surface area contributed by atoms with Crippen LogP contribution in [-0.2, 0) is 9.59 Å². The molecular formula is C17H25N3O2S. The Morgan fingerprint density at radius 3 is 2.83 bits per heavy atom. The topological polar surface area (TPSA) is 62.3 Å². The van der Waals surface area contributed by atoms with Gasteiger partial charge in [-0.15, -0.1) is 11.3 Å². The molecule has 5 nitrogen and oxygen atoms in total. The lowest BCUT2D eigenvalue weighted by atomic mass is 9.84. The third kappa shape index (κ3) is 4.31. The molecule has 2 fully saturated rings. The molecule has 1 aromatic rings. The van der Waals surface area contributed by atoms with Crippen molar-refractivity contribution in [3.05, 3.63) is 11.6 Å². The van der Waals surface area contributed by atoms with Gasteiger partial charge in [-0.2, -0.15) is 0 Å².